The van der Waals surface area contributed by atoms with Crippen molar-refractivity contribution in [3.63, 3.8) is 0 Å². The molecule has 2 atom stereocenters. The maximum Gasteiger partial charge on any atom is 0.329 e. The zero-order valence-corrected chi connectivity index (χ0v) is 24.4. The molecule has 3 heterocycles. The molecular weight excluding hydrogens is 633 g/mol. The zero-order valence-electron chi connectivity index (χ0n) is 22.1. The molecule has 0 N–H and O–H groups in total. The third-order valence-corrected chi connectivity index (χ3v) is 7.32. The van der Waals surface area contributed by atoms with E-state index in [2.05, 4.69) is 31.7 Å². The highest BCUT2D eigenvalue weighted by molar-refractivity contribution is 7.99. The quantitative estimate of drug-likeness (QED) is 0.113. The van der Waals surface area contributed by atoms with Crippen LogP contribution in [0.25, 0.3) is 5.69 Å². The molecule has 43 heavy (non-hydrogen) atoms. The Balaban J connectivity index is 1.36. The van der Waals surface area contributed by atoms with E-state index in [0.717, 1.165) is 21.3 Å². The average molecular weight is 654 g/mol. The van der Waals surface area contributed by atoms with Gasteiger partial charge in [-0.3, -0.25) is 4.57 Å². The third kappa shape index (κ3) is 7.08. The smallest absolute Gasteiger partial charge is 0.329 e. The Hall–Kier alpha value is -4.16. The number of benzene rings is 2. The van der Waals surface area contributed by atoms with Gasteiger partial charge in [-0.2, -0.15) is 4.98 Å². The van der Waals surface area contributed by atoms with Gasteiger partial charge in [0.2, 0.25) is 5.79 Å². The summed E-state index contributed by atoms with van der Waals surface area (Å²) in [5, 5.41) is 24.7. The lowest BCUT2D eigenvalue weighted by atomic mass is 10.1. The fraction of sp³-hybridized carbons (Fsp3) is 0.292. The van der Waals surface area contributed by atoms with Gasteiger partial charge in [0.15, 0.2) is 5.16 Å². The number of hydrogen-bond acceptors (Lipinski definition) is 13. The minimum Gasteiger partial charge on any atom is -0.491 e. The van der Waals surface area contributed by atoms with Crippen molar-refractivity contribution in [2.75, 3.05) is 19.0 Å². The van der Waals surface area contributed by atoms with Gasteiger partial charge < -0.3 is 14.2 Å². The van der Waals surface area contributed by atoms with E-state index >= 15 is 0 Å². The summed E-state index contributed by atoms with van der Waals surface area (Å²) in [6.45, 7) is 1.69. The first-order valence-corrected chi connectivity index (χ1v) is 14.2. The fourth-order valence-corrected chi connectivity index (χ4v) is 5.47. The summed E-state index contributed by atoms with van der Waals surface area (Å²) in [4.78, 5) is 38.5. The molecule has 19 heteroatoms. The molecule has 1 fully saturated rings. The molecule has 2 aromatic carbocycles. The molecule has 16 nitrogen and oxygen atoms in total. The lowest BCUT2D eigenvalue weighted by Crippen LogP contribution is -2.35. The van der Waals surface area contributed by atoms with E-state index in [1.165, 1.54) is 6.07 Å². The molecule has 0 aliphatic carbocycles. The monoisotopic (exact) mass is 653 g/mol. The first kappa shape index (κ1) is 30.3. The van der Waals surface area contributed by atoms with Gasteiger partial charge in [-0.1, -0.05) is 48.0 Å². The van der Waals surface area contributed by atoms with Crippen molar-refractivity contribution in [2.45, 2.75) is 30.5 Å². The van der Waals surface area contributed by atoms with Crippen molar-refractivity contribution in [1.29, 1.82) is 0 Å². The van der Waals surface area contributed by atoms with Crippen molar-refractivity contribution >= 4 is 35.0 Å². The summed E-state index contributed by atoms with van der Waals surface area (Å²) < 4.78 is 21.1. The normalized spacial score (nSPS) is 18.0. The second kappa shape index (κ2) is 13.0. The lowest BCUT2D eigenvalue weighted by molar-refractivity contribution is -0.715. The van der Waals surface area contributed by atoms with Crippen LogP contribution < -0.4 is 14.4 Å². The minimum atomic E-state index is -1.71. The lowest BCUT2D eigenvalue weighted by Gasteiger charge is -2.29. The fourth-order valence-electron chi connectivity index (χ4n) is 4.22. The zero-order chi connectivity index (χ0) is 30.6. The number of imidazole rings is 1. The van der Waals surface area contributed by atoms with Crippen molar-refractivity contribution < 1.29 is 34.1 Å². The maximum absolute atomic E-state index is 11.0. The first-order valence-electron chi connectivity index (χ1n) is 12.4. The standard InChI is InChI=1S/C24H21Cl2N7O9S/c1-2-43-23-27-9-10-30(23)16-4-6-17(7-5-16)38-12-18-13-39-24(40-18,19-8-3-15(25)11-20(19)26)14-31-22(42-33(36)37)28-21(29-31)41-32(34)35/h3-11,18H,2,12-14H2,1H3. The molecular formula is C24H21Cl2N7O9S. The van der Waals surface area contributed by atoms with Crippen LogP contribution in [-0.2, 0) is 21.8 Å². The predicted molar refractivity (Wildman–Crippen MR) is 150 cm³/mol. The van der Waals surface area contributed by atoms with Crippen LogP contribution in [0.3, 0.4) is 0 Å². The van der Waals surface area contributed by atoms with Crippen LogP contribution in [-0.4, -0.2) is 59.6 Å². The number of thioether (sulfide) groups is 1. The van der Waals surface area contributed by atoms with Crippen LogP contribution in [0.5, 0.6) is 17.8 Å². The summed E-state index contributed by atoms with van der Waals surface area (Å²) >= 11 is 14.2. The Morgan fingerprint density at radius 2 is 1.91 bits per heavy atom. The van der Waals surface area contributed by atoms with Gasteiger partial charge in [-0.05, 0) is 42.2 Å². The molecule has 1 aliphatic rings. The number of nitrogens with zero attached hydrogens (tertiary/aromatic N) is 7. The molecule has 2 aromatic heterocycles. The Bertz CT molecular complexity index is 1620. The molecule has 0 bridgehead atoms. The Morgan fingerprint density at radius 1 is 1.14 bits per heavy atom. The van der Waals surface area contributed by atoms with Crippen LogP contribution in [0.1, 0.15) is 12.5 Å². The Labute approximate surface area is 256 Å². The predicted octanol–water partition coefficient (Wildman–Crippen LogP) is 4.37. The second-order valence-corrected chi connectivity index (χ2v) is 10.8. The van der Waals surface area contributed by atoms with Crippen molar-refractivity contribution in [3.05, 3.63) is 90.7 Å². The van der Waals surface area contributed by atoms with Gasteiger partial charge in [0, 0.05) is 28.7 Å². The van der Waals surface area contributed by atoms with Crippen LogP contribution in [0, 0.1) is 20.2 Å². The molecule has 5 rings (SSSR count). The van der Waals surface area contributed by atoms with E-state index in [1.807, 2.05) is 35.0 Å². The van der Waals surface area contributed by atoms with Gasteiger partial charge >= 0.3 is 22.2 Å². The van der Waals surface area contributed by atoms with E-state index in [4.69, 9.17) is 37.4 Å². The number of halogens is 2. The number of aromatic nitrogens is 5. The maximum atomic E-state index is 11.0. The van der Waals surface area contributed by atoms with E-state index < -0.39 is 40.6 Å². The molecule has 1 aliphatic heterocycles. The van der Waals surface area contributed by atoms with Crippen molar-refractivity contribution in [2.24, 2.45) is 0 Å². The topological polar surface area (TPSA) is 181 Å². The molecule has 0 saturated carbocycles. The highest BCUT2D eigenvalue weighted by atomic mass is 35.5. The van der Waals surface area contributed by atoms with Crippen LogP contribution >= 0.6 is 35.0 Å². The van der Waals surface area contributed by atoms with Crippen LogP contribution in [0.2, 0.25) is 10.0 Å². The highest BCUT2D eigenvalue weighted by Gasteiger charge is 2.46. The SMILES string of the molecule is CCSc1nccn1-c1ccc(OCC2COC(Cn3nc(O[N+](=O)[O-])nc3O[N+](=O)[O-])(c3ccc(Cl)cc3Cl)O2)cc1. The Kier molecular flexibility index (Phi) is 9.16. The van der Waals surface area contributed by atoms with Gasteiger partial charge in [0.1, 0.15) is 25.0 Å². The molecule has 2 unspecified atom stereocenters. The van der Waals surface area contributed by atoms with Gasteiger partial charge in [-0.25, -0.2) is 19.3 Å². The highest BCUT2D eigenvalue weighted by Crippen LogP contribution is 2.41. The first-order chi connectivity index (χ1) is 20.7. The third-order valence-electron chi connectivity index (χ3n) is 5.92. The second-order valence-electron chi connectivity index (χ2n) is 8.71. The van der Waals surface area contributed by atoms with Crippen molar-refractivity contribution in [1.82, 2.24) is 24.3 Å². The molecule has 0 amide bonds. The molecule has 0 radical (unpaired) electrons. The van der Waals surface area contributed by atoms with Gasteiger partial charge in [0.05, 0.1) is 11.6 Å². The van der Waals surface area contributed by atoms with E-state index in [-0.39, 0.29) is 18.2 Å². The number of ether oxygens (including phenoxy) is 3. The minimum absolute atomic E-state index is 0.0159. The van der Waals surface area contributed by atoms with Gasteiger partial charge in [0.25, 0.3) is 0 Å². The van der Waals surface area contributed by atoms with Crippen LogP contribution in [0.4, 0.5) is 0 Å². The van der Waals surface area contributed by atoms with E-state index in [9.17, 15) is 20.2 Å². The summed E-state index contributed by atoms with van der Waals surface area (Å²) in [5.41, 5.74) is 1.21. The summed E-state index contributed by atoms with van der Waals surface area (Å²) in [6, 6.07) is 10.4. The van der Waals surface area contributed by atoms with E-state index in [0.29, 0.717) is 16.3 Å². The molecule has 4 aromatic rings. The molecule has 0 spiro atoms. The number of rotatable bonds is 13. The van der Waals surface area contributed by atoms with Gasteiger partial charge in [-0.15, -0.1) is 25.3 Å². The summed E-state index contributed by atoms with van der Waals surface area (Å²) in [6.07, 6.45) is 2.97. The Morgan fingerprint density at radius 3 is 2.60 bits per heavy atom. The largest absolute Gasteiger partial charge is 0.491 e. The van der Waals surface area contributed by atoms with E-state index in [1.54, 1.807) is 30.1 Å². The summed E-state index contributed by atoms with van der Waals surface area (Å²) in [7, 11) is 0. The van der Waals surface area contributed by atoms with Crippen molar-refractivity contribution in [3.8, 4) is 23.5 Å². The number of hydrogen-bond donors (Lipinski definition) is 0. The average Bonchev–Trinajstić information content (AvgIpc) is 3.67. The molecule has 1 saturated heterocycles. The van der Waals surface area contributed by atoms with Crippen LogP contribution in [0.15, 0.2) is 60.0 Å². The summed E-state index contributed by atoms with van der Waals surface area (Å²) in [5.74, 6) is -0.249. The molecule has 226 valence electrons.